The van der Waals surface area contributed by atoms with Crippen LogP contribution in [0.3, 0.4) is 0 Å². The van der Waals surface area contributed by atoms with Crippen LogP contribution in [-0.4, -0.2) is 0 Å². The maximum absolute atomic E-state index is 4.68. The molecule has 1 unspecified atom stereocenters. The highest BCUT2D eigenvalue weighted by atomic mass is 15.2. The molecule has 1 atom stereocenters. The number of anilines is 2. The Bertz CT molecular complexity index is 1200. The van der Waals surface area contributed by atoms with Crippen LogP contribution in [0.25, 0.3) is 11.1 Å². The lowest BCUT2D eigenvalue weighted by molar-refractivity contribution is 0.645. The van der Waals surface area contributed by atoms with Crippen molar-refractivity contribution in [2.45, 2.75) is 27.2 Å². The van der Waals surface area contributed by atoms with Crippen LogP contribution in [0.2, 0.25) is 0 Å². The highest BCUT2D eigenvalue weighted by molar-refractivity contribution is 5.88. The fourth-order valence-corrected chi connectivity index (χ4v) is 4.25. The van der Waals surface area contributed by atoms with E-state index in [1.165, 1.54) is 28.0 Å². The van der Waals surface area contributed by atoms with Crippen LogP contribution < -0.4 is 4.90 Å². The molecular formula is C27H25N3. The minimum atomic E-state index is 0.470. The van der Waals surface area contributed by atoms with E-state index < -0.39 is 0 Å². The third-order valence-electron chi connectivity index (χ3n) is 6.07. The Morgan fingerprint density at radius 3 is 2.43 bits per heavy atom. The van der Waals surface area contributed by atoms with E-state index in [2.05, 4.69) is 115 Å². The van der Waals surface area contributed by atoms with Gasteiger partial charge in [-0.2, -0.15) is 0 Å². The van der Waals surface area contributed by atoms with Gasteiger partial charge in [0.25, 0.3) is 0 Å². The number of nitrogens with zero attached hydrogens (tertiary/aromatic N) is 3. The molecule has 0 N–H and O–H groups in total. The standard InChI is InChI=1S/C27H25N3/c1-18-13-14-26-23(15-18)28-29-24-16-19(2)20(3)17-27(24)30(26)25-12-8-7-11-22(25)21-9-5-4-6-10-21/h4-16,20H,17H2,1-3H3. The smallest absolute Gasteiger partial charge is 0.110 e. The van der Waals surface area contributed by atoms with Crippen LogP contribution in [-0.2, 0) is 0 Å². The molecule has 1 aliphatic carbocycles. The molecule has 0 saturated carbocycles. The van der Waals surface area contributed by atoms with E-state index in [4.69, 9.17) is 0 Å². The predicted octanol–water partition coefficient (Wildman–Crippen LogP) is 8.10. The summed E-state index contributed by atoms with van der Waals surface area (Å²) in [4.78, 5) is 2.38. The summed E-state index contributed by atoms with van der Waals surface area (Å²) in [6, 6.07) is 25.7. The van der Waals surface area contributed by atoms with Gasteiger partial charge in [0.2, 0.25) is 0 Å². The first kappa shape index (κ1) is 18.6. The van der Waals surface area contributed by atoms with Gasteiger partial charge in [0.1, 0.15) is 11.4 Å². The van der Waals surface area contributed by atoms with Gasteiger partial charge in [0.15, 0.2) is 0 Å². The Kier molecular flexibility index (Phi) is 4.59. The van der Waals surface area contributed by atoms with Gasteiger partial charge >= 0.3 is 0 Å². The number of benzene rings is 3. The zero-order chi connectivity index (χ0) is 20.7. The molecule has 148 valence electrons. The normalized spacial score (nSPS) is 17.9. The first-order chi connectivity index (χ1) is 14.6. The van der Waals surface area contributed by atoms with Gasteiger partial charge in [-0.3, -0.25) is 0 Å². The lowest BCUT2D eigenvalue weighted by Crippen LogP contribution is -2.22. The highest BCUT2D eigenvalue weighted by Gasteiger charge is 2.29. The molecule has 3 nitrogen and oxygen atoms in total. The van der Waals surface area contributed by atoms with Gasteiger partial charge in [-0.25, -0.2) is 0 Å². The molecule has 3 aromatic carbocycles. The van der Waals surface area contributed by atoms with Crippen LogP contribution in [0.5, 0.6) is 0 Å². The Balaban J connectivity index is 1.79. The molecule has 0 amide bonds. The number of rotatable bonds is 2. The fourth-order valence-electron chi connectivity index (χ4n) is 4.25. The third-order valence-corrected chi connectivity index (χ3v) is 6.07. The average Bonchev–Trinajstić information content (AvgIpc) is 2.91. The van der Waals surface area contributed by atoms with E-state index in [1.54, 1.807) is 0 Å². The SMILES string of the molecule is CC1=CC2=C(CC1C)N(c1ccccc1-c1ccccc1)c1ccc(C)cc1N=N2. The molecule has 3 aromatic rings. The molecule has 1 aliphatic heterocycles. The molecule has 3 heteroatoms. The Morgan fingerprint density at radius 1 is 0.833 bits per heavy atom. The molecule has 0 radical (unpaired) electrons. The summed E-state index contributed by atoms with van der Waals surface area (Å²) in [5.41, 5.74) is 10.3. The first-order valence-electron chi connectivity index (χ1n) is 10.5. The van der Waals surface area contributed by atoms with E-state index in [9.17, 15) is 0 Å². The number of aryl methyl sites for hydroxylation is 1. The Morgan fingerprint density at radius 2 is 1.60 bits per heavy atom. The molecule has 5 rings (SSSR count). The minimum absolute atomic E-state index is 0.470. The topological polar surface area (TPSA) is 28.0 Å². The van der Waals surface area contributed by atoms with Gasteiger partial charge in [0.05, 0.1) is 17.1 Å². The van der Waals surface area contributed by atoms with Crippen LogP contribution in [0.1, 0.15) is 25.8 Å². The van der Waals surface area contributed by atoms with Crippen molar-refractivity contribution < 1.29 is 0 Å². The number of azo groups is 1. The summed E-state index contributed by atoms with van der Waals surface area (Å²) >= 11 is 0. The van der Waals surface area contributed by atoms with Crippen molar-refractivity contribution in [2.75, 3.05) is 4.90 Å². The van der Waals surface area contributed by atoms with Crippen LogP contribution in [0, 0.1) is 12.8 Å². The van der Waals surface area contributed by atoms with Crippen LogP contribution >= 0.6 is 0 Å². The van der Waals surface area contributed by atoms with Gasteiger partial charge in [-0.05, 0) is 61.6 Å². The van der Waals surface area contributed by atoms with Crippen molar-refractivity contribution in [3.8, 4) is 11.1 Å². The second kappa shape index (κ2) is 7.42. The fraction of sp³-hybridized carbons (Fsp3) is 0.185. The molecule has 0 fully saturated rings. The quantitative estimate of drug-likeness (QED) is 0.434. The lowest BCUT2D eigenvalue weighted by Gasteiger charge is -2.33. The zero-order valence-electron chi connectivity index (χ0n) is 17.6. The van der Waals surface area contributed by atoms with E-state index in [1.807, 2.05) is 0 Å². The maximum atomic E-state index is 4.68. The molecule has 1 heterocycles. The monoisotopic (exact) mass is 391 g/mol. The molecular weight excluding hydrogens is 366 g/mol. The second-order valence-corrected chi connectivity index (χ2v) is 8.24. The van der Waals surface area contributed by atoms with E-state index >= 15 is 0 Å². The van der Waals surface area contributed by atoms with Gasteiger partial charge in [-0.1, -0.05) is 67.1 Å². The summed E-state index contributed by atoms with van der Waals surface area (Å²) in [5.74, 6) is 0.470. The van der Waals surface area contributed by atoms with Gasteiger partial charge in [-0.15, -0.1) is 10.2 Å². The number of hydrogen-bond donors (Lipinski definition) is 0. The van der Waals surface area contributed by atoms with Crippen molar-refractivity contribution in [2.24, 2.45) is 16.1 Å². The molecule has 0 spiro atoms. The van der Waals surface area contributed by atoms with Crippen molar-refractivity contribution in [3.63, 3.8) is 0 Å². The summed E-state index contributed by atoms with van der Waals surface area (Å²) < 4.78 is 0. The predicted molar refractivity (Wildman–Crippen MR) is 124 cm³/mol. The highest BCUT2D eigenvalue weighted by Crippen LogP contribution is 2.47. The number of para-hydroxylation sites is 1. The molecule has 2 aliphatic rings. The maximum Gasteiger partial charge on any atom is 0.110 e. The number of hydrogen-bond acceptors (Lipinski definition) is 3. The minimum Gasteiger partial charge on any atom is -0.309 e. The second-order valence-electron chi connectivity index (χ2n) is 8.24. The molecule has 0 bridgehead atoms. The van der Waals surface area contributed by atoms with Crippen molar-refractivity contribution in [3.05, 3.63) is 101 Å². The summed E-state index contributed by atoms with van der Waals surface area (Å²) in [5, 5.41) is 9.33. The van der Waals surface area contributed by atoms with Crippen molar-refractivity contribution in [1.29, 1.82) is 0 Å². The van der Waals surface area contributed by atoms with Crippen molar-refractivity contribution >= 4 is 17.1 Å². The third kappa shape index (κ3) is 3.17. The number of allylic oxidation sites excluding steroid dienone is 3. The summed E-state index contributed by atoms with van der Waals surface area (Å²) in [6.45, 7) is 6.58. The van der Waals surface area contributed by atoms with E-state index in [0.29, 0.717) is 5.92 Å². The lowest BCUT2D eigenvalue weighted by atomic mass is 9.89. The van der Waals surface area contributed by atoms with Gasteiger partial charge in [0, 0.05) is 5.56 Å². The zero-order valence-corrected chi connectivity index (χ0v) is 17.6. The summed E-state index contributed by atoms with van der Waals surface area (Å²) in [6.07, 6.45) is 3.14. The van der Waals surface area contributed by atoms with E-state index in [-0.39, 0.29) is 0 Å². The van der Waals surface area contributed by atoms with Crippen LogP contribution in [0.15, 0.2) is 106 Å². The first-order valence-corrected chi connectivity index (χ1v) is 10.5. The average molecular weight is 392 g/mol. The molecule has 0 aromatic heterocycles. The molecule has 30 heavy (non-hydrogen) atoms. The van der Waals surface area contributed by atoms with Crippen molar-refractivity contribution in [1.82, 2.24) is 0 Å². The largest absolute Gasteiger partial charge is 0.309 e. The van der Waals surface area contributed by atoms with E-state index in [0.717, 1.165) is 29.2 Å². The number of fused-ring (bicyclic) bond motifs is 1. The summed E-state index contributed by atoms with van der Waals surface area (Å²) in [7, 11) is 0. The molecule has 0 saturated heterocycles. The Labute approximate surface area is 178 Å². The van der Waals surface area contributed by atoms with Crippen LogP contribution in [0.4, 0.5) is 17.1 Å². The van der Waals surface area contributed by atoms with Gasteiger partial charge < -0.3 is 4.90 Å². The Hall–Kier alpha value is -3.46.